The molecule has 2 aliphatic rings. The number of nitrogens with zero attached hydrogens (tertiary/aromatic N) is 1. The molecule has 7 nitrogen and oxygen atoms in total. The molecule has 3 N–H and O–H groups in total. The first-order valence-electron chi connectivity index (χ1n) is 11.9. The molecular weight excluding hydrogens is 432 g/mol. The smallest absolute Gasteiger partial charge is 0.235 e. The van der Waals surface area contributed by atoms with E-state index in [1.54, 1.807) is 0 Å². The third-order valence-corrected chi connectivity index (χ3v) is 6.81. The SMILES string of the molecule is CC(C)(C)c1cc2cc(NC(=O)C3(c4ccc5c(c4)OCCO5)CC3)ccc2n1CC(O)CO. The number of benzene rings is 2. The van der Waals surface area contributed by atoms with E-state index in [0.29, 0.717) is 25.5 Å². The van der Waals surface area contributed by atoms with Crippen molar-refractivity contribution >= 4 is 22.5 Å². The fourth-order valence-electron chi connectivity index (χ4n) is 4.80. The number of carbonyl (C=O) groups is 1. The van der Waals surface area contributed by atoms with Crippen molar-refractivity contribution in [1.82, 2.24) is 4.57 Å². The fraction of sp³-hybridized carbons (Fsp3) is 0.444. The normalized spacial score (nSPS) is 17.4. The molecule has 1 aliphatic carbocycles. The molecule has 1 saturated carbocycles. The molecule has 0 radical (unpaired) electrons. The summed E-state index contributed by atoms with van der Waals surface area (Å²) in [4.78, 5) is 13.4. The summed E-state index contributed by atoms with van der Waals surface area (Å²) in [7, 11) is 0. The molecule has 1 aliphatic heterocycles. The Kier molecular flexibility index (Phi) is 5.57. The second-order valence-corrected chi connectivity index (χ2v) is 10.4. The molecule has 0 bridgehead atoms. The van der Waals surface area contributed by atoms with Gasteiger partial charge >= 0.3 is 0 Å². The maximum atomic E-state index is 13.4. The third kappa shape index (κ3) is 4.03. The molecule has 2 aromatic carbocycles. The van der Waals surface area contributed by atoms with Gasteiger partial charge in [0.15, 0.2) is 11.5 Å². The van der Waals surface area contributed by atoms with Crippen LogP contribution < -0.4 is 14.8 Å². The molecule has 1 fully saturated rings. The summed E-state index contributed by atoms with van der Waals surface area (Å²) in [6.07, 6.45) is 0.756. The zero-order valence-electron chi connectivity index (χ0n) is 19.9. The van der Waals surface area contributed by atoms with Crippen molar-refractivity contribution in [3.8, 4) is 11.5 Å². The monoisotopic (exact) mass is 464 g/mol. The lowest BCUT2D eigenvalue weighted by molar-refractivity contribution is -0.118. The highest BCUT2D eigenvalue weighted by Gasteiger charge is 2.51. The predicted molar refractivity (Wildman–Crippen MR) is 131 cm³/mol. The number of nitrogens with one attached hydrogen (secondary N) is 1. The summed E-state index contributed by atoms with van der Waals surface area (Å²) in [5.41, 5.74) is 3.03. The van der Waals surface area contributed by atoms with Gasteiger partial charge in [0, 0.05) is 27.7 Å². The second kappa shape index (κ2) is 8.32. The fourth-order valence-corrected chi connectivity index (χ4v) is 4.80. The van der Waals surface area contributed by atoms with Gasteiger partial charge in [-0.15, -0.1) is 0 Å². The van der Waals surface area contributed by atoms with Gasteiger partial charge in [0.1, 0.15) is 13.2 Å². The number of aliphatic hydroxyl groups excluding tert-OH is 2. The van der Waals surface area contributed by atoms with Crippen molar-refractivity contribution in [2.45, 2.75) is 57.1 Å². The molecule has 0 saturated heterocycles. The van der Waals surface area contributed by atoms with Crippen LogP contribution in [0, 0.1) is 0 Å². The van der Waals surface area contributed by atoms with E-state index < -0.39 is 11.5 Å². The van der Waals surface area contributed by atoms with Crippen molar-refractivity contribution in [3.05, 3.63) is 53.7 Å². The Bertz CT molecular complexity index is 1240. The molecule has 5 rings (SSSR count). The Morgan fingerprint density at radius 2 is 1.82 bits per heavy atom. The highest BCUT2D eigenvalue weighted by atomic mass is 16.6. The van der Waals surface area contributed by atoms with Crippen LogP contribution in [0.2, 0.25) is 0 Å². The maximum absolute atomic E-state index is 13.4. The number of rotatable bonds is 6. The lowest BCUT2D eigenvalue weighted by Crippen LogP contribution is -2.28. The van der Waals surface area contributed by atoms with Crippen molar-refractivity contribution in [3.63, 3.8) is 0 Å². The molecular formula is C27H32N2O5. The number of aromatic nitrogens is 1. The second-order valence-electron chi connectivity index (χ2n) is 10.4. The first-order valence-corrected chi connectivity index (χ1v) is 11.9. The molecule has 1 amide bonds. The van der Waals surface area contributed by atoms with Crippen LogP contribution in [-0.2, 0) is 22.2 Å². The number of hydrogen-bond acceptors (Lipinski definition) is 5. The van der Waals surface area contributed by atoms with Gasteiger partial charge in [-0.3, -0.25) is 4.79 Å². The number of amides is 1. The predicted octanol–water partition coefficient (Wildman–Crippen LogP) is 3.73. The summed E-state index contributed by atoms with van der Waals surface area (Å²) >= 11 is 0. The maximum Gasteiger partial charge on any atom is 0.235 e. The van der Waals surface area contributed by atoms with E-state index in [4.69, 9.17) is 9.47 Å². The van der Waals surface area contributed by atoms with Gasteiger partial charge < -0.3 is 29.6 Å². The first-order chi connectivity index (χ1) is 16.2. The Balaban J connectivity index is 1.42. The van der Waals surface area contributed by atoms with Gasteiger partial charge in [-0.2, -0.15) is 0 Å². The van der Waals surface area contributed by atoms with Crippen molar-refractivity contribution in [2.75, 3.05) is 25.1 Å². The summed E-state index contributed by atoms with van der Waals surface area (Å²) in [6, 6.07) is 13.7. The molecule has 34 heavy (non-hydrogen) atoms. The van der Waals surface area contributed by atoms with E-state index in [9.17, 15) is 15.0 Å². The number of anilines is 1. The van der Waals surface area contributed by atoms with Gasteiger partial charge in [-0.05, 0) is 54.8 Å². The first kappa shape index (κ1) is 22.7. The van der Waals surface area contributed by atoms with Crippen LogP contribution in [0.4, 0.5) is 5.69 Å². The summed E-state index contributed by atoms with van der Waals surface area (Å²) in [5.74, 6) is 1.40. The van der Waals surface area contributed by atoms with Crippen LogP contribution in [0.3, 0.4) is 0 Å². The molecule has 3 aromatic rings. The Labute approximate surface area is 199 Å². The number of carbonyl (C=O) groups excluding carboxylic acids is 1. The Morgan fingerprint density at radius 3 is 2.50 bits per heavy atom. The van der Waals surface area contributed by atoms with E-state index in [1.165, 1.54) is 0 Å². The highest BCUT2D eigenvalue weighted by molar-refractivity contribution is 6.02. The van der Waals surface area contributed by atoms with Crippen LogP contribution >= 0.6 is 0 Å². The third-order valence-electron chi connectivity index (χ3n) is 6.81. The van der Waals surface area contributed by atoms with Crippen LogP contribution in [0.25, 0.3) is 10.9 Å². The minimum atomic E-state index is -0.836. The number of aliphatic hydroxyl groups is 2. The van der Waals surface area contributed by atoms with Crippen molar-refractivity contribution in [1.29, 1.82) is 0 Å². The molecule has 0 spiro atoms. The van der Waals surface area contributed by atoms with Crippen molar-refractivity contribution < 1.29 is 24.5 Å². The summed E-state index contributed by atoms with van der Waals surface area (Å²) in [6.45, 7) is 7.44. The quantitative estimate of drug-likeness (QED) is 0.517. The van der Waals surface area contributed by atoms with E-state index in [-0.39, 0.29) is 17.9 Å². The highest BCUT2D eigenvalue weighted by Crippen LogP contribution is 2.51. The minimum absolute atomic E-state index is 0.0188. The number of ether oxygens (including phenoxy) is 2. The average Bonchev–Trinajstić information content (AvgIpc) is 3.55. The molecule has 7 heteroatoms. The molecule has 1 atom stereocenters. The van der Waals surface area contributed by atoms with Gasteiger partial charge in [0.05, 0.1) is 24.7 Å². The number of hydrogen-bond donors (Lipinski definition) is 3. The van der Waals surface area contributed by atoms with E-state index in [1.807, 2.05) is 36.4 Å². The average molecular weight is 465 g/mol. The van der Waals surface area contributed by atoms with E-state index in [2.05, 4.69) is 36.7 Å². The topological polar surface area (TPSA) is 93.0 Å². The van der Waals surface area contributed by atoms with Crippen LogP contribution in [-0.4, -0.2) is 46.6 Å². The van der Waals surface area contributed by atoms with Gasteiger partial charge in [0.25, 0.3) is 0 Å². The van der Waals surface area contributed by atoms with Crippen LogP contribution in [0.15, 0.2) is 42.5 Å². The van der Waals surface area contributed by atoms with E-state index >= 15 is 0 Å². The Hall–Kier alpha value is -3.03. The standard InChI is InChI=1S/C27H32N2O5/c1-26(2,3)24-13-17-12-19(5-6-21(17)29(24)15-20(31)16-30)28-25(32)27(8-9-27)18-4-7-22-23(14-18)34-11-10-33-22/h4-7,12-14,20,30-31H,8-11,15-16H2,1-3H3,(H,28,32). The lowest BCUT2D eigenvalue weighted by Gasteiger charge is -2.23. The van der Waals surface area contributed by atoms with Gasteiger partial charge in [0.2, 0.25) is 5.91 Å². The van der Waals surface area contributed by atoms with Crippen LogP contribution in [0.1, 0.15) is 44.9 Å². The molecule has 1 unspecified atom stereocenters. The molecule has 180 valence electrons. The Morgan fingerprint density at radius 1 is 1.09 bits per heavy atom. The van der Waals surface area contributed by atoms with Gasteiger partial charge in [-0.1, -0.05) is 26.8 Å². The van der Waals surface area contributed by atoms with Gasteiger partial charge in [-0.25, -0.2) is 0 Å². The number of fused-ring (bicyclic) bond motifs is 2. The minimum Gasteiger partial charge on any atom is -0.486 e. The zero-order valence-corrected chi connectivity index (χ0v) is 19.9. The summed E-state index contributed by atoms with van der Waals surface area (Å²) in [5, 5.41) is 23.6. The lowest BCUT2D eigenvalue weighted by atomic mass is 9.92. The zero-order chi connectivity index (χ0) is 24.1. The van der Waals surface area contributed by atoms with Crippen molar-refractivity contribution in [2.24, 2.45) is 0 Å². The van der Waals surface area contributed by atoms with Crippen LogP contribution in [0.5, 0.6) is 11.5 Å². The van der Waals surface area contributed by atoms with E-state index in [0.717, 1.165) is 46.4 Å². The molecule has 2 heterocycles. The molecule has 1 aromatic heterocycles. The largest absolute Gasteiger partial charge is 0.486 e. The summed E-state index contributed by atoms with van der Waals surface area (Å²) < 4.78 is 13.4.